The van der Waals surface area contributed by atoms with Gasteiger partial charge in [0.2, 0.25) is 0 Å². The minimum absolute atomic E-state index is 0.0245. The molecule has 0 atom stereocenters. The summed E-state index contributed by atoms with van der Waals surface area (Å²) < 4.78 is 26.2. The summed E-state index contributed by atoms with van der Waals surface area (Å²) in [5, 5.41) is 11.2. The molecule has 1 aromatic carbocycles. The fraction of sp³-hybridized carbons (Fsp3) is 0. The van der Waals surface area contributed by atoms with Gasteiger partial charge in [0.15, 0.2) is 0 Å². The van der Waals surface area contributed by atoms with Gasteiger partial charge in [0.05, 0.1) is 17.6 Å². The van der Waals surface area contributed by atoms with Gasteiger partial charge in [-0.3, -0.25) is 0 Å². The van der Waals surface area contributed by atoms with Crippen LogP contribution in [0.2, 0.25) is 0 Å². The fourth-order valence-corrected chi connectivity index (χ4v) is 1.28. The molecule has 0 saturated carbocycles. The molecule has 84 valence electrons. The van der Waals surface area contributed by atoms with Crippen molar-refractivity contribution in [2.75, 3.05) is 5.32 Å². The average Bonchev–Trinajstić information content (AvgIpc) is 2.35. The lowest BCUT2D eigenvalue weighted by Crippen LogP contribution is -1.95. The molecule has 0 spiro atoms. The summed E-state index contributed by atoms with van der Waals surface area (Å²) in [6.45, 7) is 0. The molecule has 0 aliphatic heterocycles. The second kappa shape index (κ2) is 4.58. The van der Waals surface area contributed by atoms with Crippen molar-refractivity contribution in [1.29, 1.82) is 5.26 Å². The molecule has 0 saturated heterocycles. The molecule has 5 heteroatoms. The summed E-state index contributed by atoms with van der Waals surface area (Å²) in [6, 6.07) is 8.04. The highest BCUT2D eigenvalue weighted by molar-refractivity contribution is 5.59. The van der Waals surface area contributed by atoms with Gasteiger partial charge in [0.1, 0.15) is 23.4 Å². The second-order valence-electron chi connectivity index (χ2n) is 3.29. The van der Waals surface area contributed by atoms with Gasteiger partial charge in [-0.1, -0.05) is 0 Å². The number of nitrogens with zero attached hydrogens (tertiary/aromatic N) is 2. The van der Waals surface area contributed by atoms with E-state index in [9.17, 15) is 8.78 Å². The van der Waals surface area contributed by atoms with Crippen LogP contribution in [0.25, 0.3) is 0 Å². The first-order chi connectivity index (χ1) is 8.19. The van der Waals surface area contributed by atoms with Crippen LogP contribution >= 0.6 is 0 Å². The van der Waals surface area contributed by atoms with E-state index < -0.39 is 11.6 Å². The lowest BCUT2D eigenvalue weighted by Gasteiger charge is -2.06. The molecule has 0 bridgehead atoms. The third kappa shape index (κ3) is 2.55. The van der Waals surface area contributed by atoms with Gasteiger partial charge in [0.25, 0.3) is 0 Å². The molecule has 0 amide bonds. The van der Waals surface area contributed by atoms with Gasteiger partial charge in [-0.05, 0) is 24.3 Å². The summed E-state index contributed by atoms with van der Waals surface area (Å²) in [7, 11) is 0. The number of hydrogen-bond donors (Lipinski definition) is 1. The van der Waals surface area contributed by atoms with Crippen molar-refractivity contribution < 1.29 is 8.78 Å². The topological polar surface area (TPSA) is 48.7 Å². The molecule has 17 heavy (non-hydrogen) atoms. The van der Waals surface area contributed by atoms with Crippen LogP contribution in [0.1, 0.15) is 5.69 Å². The van der Waals surface area contributed by atoms with Crippen LogP contribution in [-0.4, -0.2) is 4.98 Å². The highest BCUT2D eigenvalue weighted by atomic mass is 19.1. The SMILES string of the molecule is N#Cc1ccc(Nc2cc(F)ccc2F)cn1. The largest absolute Gasteiger partial charge is 0.352 e. The van der Waals surface area contributed by atoms with Gasteiger partial charge >= 0.3 is 0 Å². The molecule has 2 aromatic rings. The Labute approximate surface area is 96.3 Å². The Morgan fingerprint density at radius 1 is 1.18 bits per heavy atom. The third-order valence-corrected chi connectivity index (χ3v) is 2.09. The number of aromatic nitrogens is 1. The number of anilines is 2. The quantitative estimate of drug-likeness (QED) is 0.864. The van der Waals surface area contributed by atoms with E-state index in [0.717, 1.165) is 18.2 Å². The van der Waals surface area contributed by atoms with E-state index in [1.54, 1.807) is 6.07 Å². The van der Waals surface area contributed by atoms with E-state index in [-0.39, 0.29) is 11.4 Å². The fourth-order valence-electron chi connectivity index (χ4n) is 1.28. The number of halogens is 2. The average molecular weight is 231 g/mol. The maximum absolute atomic E-state index is 13.3. The van der Waals surface area contributed by atoms with Crippen LogP contribution in [0.15, 0.2) is 36.5 Å². The summed E-state index contributed by atoms with van der Waals surface area (Å²) >= 11 is 0. The monoisotopic (exact) mass is 231 g/mol. The van der Waals surface area contributed by atoms with E-state index in [2.05, 4.69) is 10.3 Å². The highest BCUT2D eigenvalue weighted by Crippen LogP contribution is 2.20. The minimum atomic E-state index is -0.559. The molecule has 3 nitrogen and oxygen atoms in total. The standard InChI is InChI=1S/C12H7F2N3/c13-8-1-4-11(14)12(5-8)17-10-3-2-9(6-15)16-7-10/h1-5,7,17H. The molecule has 0 aliphatic carbocycles. The molecule has 1 aromatic heterocycles. The first-order valence-electron chi connectivity index (χ1n) is 4.77. The van der Waals surface area contributed by atoms with Crippen molar-refractivity contribution >= 4 is 11.4 Å². The van der Waals surface area contributed by atoms with E-state index in [1.807, 2.05) is 6.07 Å². The zero-order valence-electron chi connectivity index (χ0n) is 8.61. The van der Waals surface area contributed by atoms with Crippen LogP contribution in [0.3, 0.4) is 0 Å². The molecular formula is C12H7F2N3. The van der Waals surface area contributed by atoms with Crippen LogP contribution in [0.4, 0.5) is 20.2 Å². The smallest absolute Gasteiger partial charge is 0.146 e. The van der Waals surface area contributed by atoms with Crippen molar-refractivity contribution in [1.82, 2.24) is 4.98 Å². The Morgan fingerprint density at radius 2 is 2.00 bits per heavy atom. The maximum atomic E-state index is 13.3. The van der Waals surface area contributed by atoms with Crippen LogP contribution in [0, 0.1) is 23.0 Å². The Bertz CT molecular complexity index is 573. The van der Waals surface area contributed by atoms with E-state index >= 15 is 0 Å². The summed E-state index contributed by atoms with van der Waals surface area (Å²) in [5.41, 5.74) is 0.764. The zero-order chi connectivity index (χ0) is 12.3. The van der Waals surface area contributed by atoms with Gasteiger partial charge in [-0.15, -0.1) is 0 Å². The highest BCUT2D eigenvalue weighted by Gasteiger charge is 2.04. The molecule has 1 heterocycles. The number of rotatable bonds is 2. The number of hydrogen-bond acceptors (Lipinski definition) is 3. The molecule has 0 radical (unpaired) electrons. The molecule has 0 aliphatic rings. The van der Waals surface area contributed by atoms with Crippen molar-refractivity contribution in [3.63, 3.8) is 0 Å². The van der Waals surface area contributed by atoms with Gasteiger partial charge in [-0.25, -0.2) is 13.8 Å². The van der Waals surface area contributed by atoms with Crippen molar-refractivity contribution in [3.05, 3.63) is 53.9 Å². The summed E-state index contributed by atoms with van der Waals surface area (Å²) in [6.07, 6.45) is 1.38. The summed E-state index contributed by atoms with van der Waals surface area (Å²) in [4.78, 5) is 3.81. The number of benzene rings is 1. The lowest BCUT2D eigenvalue weighted by molar-refractivity contribution is 0.603. The normalized spacial score (nSPS) is 9.71. The van der Waals surface area contributed by atoms with E-state index in [4.69, 9.17) is 5.26 Å². The number of nitriles is 1. The Kier molecular flexibility index (Phi) is 2.97. The molecule has 0 unspecified atom stereocenters. The third-order valence-electron chi connectivity index (χ3n) is 2.09. The van der Waals surface area contributed by atoms with Crippen molar-refractivity contribution in [2.24, 2.45) is 0 Å². The van der Waals surface area contributed by atoms with Crippen LogP contribution in [-0.2, 0) is 0 Å². The Balaban J connectivity index is 2.25. The first kappa shape index (κ1) is 11.0. The summed E-state index contributed by atoms with van der Waals surface area (Å²) in [5.74, 6) is -1.09. The lowest BCUT2D eigenvalue weighted by atomic mass is 10.2. The number of nitrogens with one attached hydrogen (secondary N) is 1. The molecular weight excluding hydrogens is 224 g/mol. The van der Waals surface area contributed by atoms with E-state index in [1.165, 1.54) is 12.3 Å². The van der Waals surface area contributed by atoms with Crippen LogP contribution in [0.5, 0.6) is 0 Å². The van der Waals surface area contributed by atoms with Gasteiger partial charge < -0.3 is 5.32 Å². The van der Waals surface area contributed by atoms with Crippen molar-refractivity contribution in [2.45, 2.75) is 0 Å². The Hall–Kier alpha value is -2.48. The second-order valence-corrected chi connectivity index (χ2v) is 3.29. The van der Waals surface area contributed by atoms with Gasteiger partial charge in [0, 0.05) is 6.07 Å². The van der Waals surface area contributed by atoms with E-state index in [0.29, 0.717) is 5.69 Å². The number of pyridine rings is 1. The van der Waals surface area contributed by atoms with Gasteiger partial charge in [-0.2, -0.15) is 5.26 Å². The predicted molar refractivity (Wildman–Crippen MR) is 58.6 cm³/mol. The molecule has 2 rings (SSSR count). The first-order valence-corrected chi connectivity index (χ1v) is 4.77. The zero-order valence-corrected chi connectivity index (χ0v) is 8.61. The predicted octanol–water partition coefficient (Wildman–Crippen LogP) is 2.98. The van der Waals surface area contributed by atoms with Crippen LogP contribution < -0.4 is 5.32 Å². The molecule has 1 N–H and O–H groups in total. The van der Waals surface area contributed by atoms with Crippen molar-refractivity contribution in [3.8, 4) is 6.07 Å². The maximum Gasteiger partial charge on any atom is 0.146 e. The Morgan fingerprint density at radius 3 is 2.65 bits per heavy atom. The minimum Gasteiger partial charge on any atom is -0.352 e. The molecule has 0 fully saturated rings.